The molecule has 0 aliphatic carbocycles. The van der Waals surface area contributed by atoms with Crippen LogP contribution in [0.3, 0.4) is 0 Å². The van der Waals surface area contributed by atoms with Crippen LogP contribution in [0.2, 0.25) is 10.0 Å². The summed E-state index contributed by atoms with van der Waals surface area (Å²) in [6, 6.07) is 15.3. The van der Waals surface area contributed by atoms with Gasteiger partial charge < -0.3 is 4.74 Å². The maximum Gasteiger partial charge on any atom is 0.312 e. The average Bonchev–Trinajstić information content (AvgIpc) is 2.99. The lowest BCUT2D eigenvalue weighted by atomic mass is 10.1. The highest BCUT2D eigenvalue weighted by Gasteiger charge is 2.23. The molecular formula is C22H22Cl2N2O2. The summed E-state index contributed by atoms with van der Waals surface area (Å²) in [5, 5.41) is 5.66. The molecule has 1 aromatic heterocycles. The maximum atomic E-state index is 12.1. The molecule has 0 N–H and O–H groups in total. The van der Waals surface area contributed by atoms with Gasteiger partial charge in [0.05, 0.1) is 21.8 Å². The first kappa shape index (κ1) is 20.4. The van der Waals surface area contributed by atoms with Crippen molar-refractivity contribution in [1.82, 2.24) is 9.78 Å². The molecule has 0 fully saturated rings. The molecule has 4 nitrogen and oxygen atoms in total. The standard InChI is InChI=1S/C22H22Cl2N2O2/c1-4-21(27)28-22-18(12-16-8-6-5-7-9-16)14(2)25-26(22)15(3)17-10-11-19(23)20(24)13-17/h5-11,13,15H,4,12H2,1-3H3. The van der Waals surface area contributed by atoms with Gasteiger partial charge in [-0.1, -0.05) is 66.5 Å². The Balaban J connectivity index is 2.05. The van der Waals surface area contributed by atoms with Crippen LogP contribution in [0.15, 0.2) is 48.5 Å². The number of benzene rings is 2. The first-order valence-corrected chi connectivity index (χ1v) is 9.93. The SMILES string of the molecule is CCC(=O)Oc1c(Cc2ccccc2)c(C)nn1C(C)c1ccc(Cl)c(Cl)c1. The Bertz CT molecular complexity index is 984. The Hall–Kier alpha value is -2.30. The molecular weight excluding hydrogens is 395 g/mol. The van der Waals surface area contributed by atoms with E-state index in [1.165, 1.54) is 0 Å². The van der Waals surface area contributed by atoms with Crippen LogP contribution in [0, 0.1) is 6.92 Å². The first-order valence-electron chi connectivity index (χ1n) is 9.18. The van der Waals surface area contributed by atoms with Crippen LogP contribution in [-0.4, -0.2) is 15.7 Å². The van der Waals surface area contributed by atoms with Crippen molar-refractivity contribution in [3.63, 3.8) is 0 Å². The Kier molecular flexibility index (Phi) is 6.42. The molecule has 0 bridgehead atoms. The van der Waals surface area contributed by atoms with Gasteiger partial charge in [0.1, 0.15) is 0 Å². The Morgan fingerprint density at radius 1 is 1.14 bits per heavy atom. The highest BCUT2D eigenvalue weighted by atomic mass is 35.5. The Morgan fingerprint density at radius 2 is 1.86 bits per heavy atom. The van der Waals surface area contributed by atoms with E-state index in [0.717, 1.165) is 22.4 Å². The predicted molar refractivity (Wildman–Crippen MR) is 112 cm³/mol. The molecule has 0 aliphatic heterocycles. The van der Waals surface area contributed by atoms with Gasteiger partial charge in [0, 0.05) is 18.4 Å². The summed E-state index contributed by atoms with van der Waals surface area (Å²) in [6.07, 6.45) is 0.920. The van der Waals surface area contributed by atoms with E-state index in [2.05, 4.69) is 5.10 Å². The monoisotopic (exact) mass is 416 g/mol. The topological polar surface area (TPSA) is 44.1 Å². The van der Waals surface area contributed by atoms with Crippen LogP contribution in [0.4, 0.5) is 0 Å². The number of hydrogen-bond acceptors (Lipinski definition) is 3. The van der Waals surface area contributed by atoms with E-state index < -0.39 is 0 Å². The van der Waals surface area contributed by atoms with Crippen LogP contribution >= 0.6 is 23.2 Å². The molecule has 2 aromatic carbocycles. The molecule has 28 heavy (non-hydrogen) atoms. The Labute approximate surface area is 175 Å². The van der Waals surface area contributed by atoms with Crippen molar-refractivity contribution in [2.75, 3.05) is 0 Å². The summed E-state index contributed by atoms with van der Waals surface area (Å²) < 4.78 is 7.47. The number of carbonyl (C=O) groups excluding carboxylic acids is 1. The maximum absolute atomic E-state index is 12.1. The molecule has 3 aromatic rings. The zero-order chi connectivity index (χ0) is 20.3. The summed E-state index contributed by atoms with van der Waals surface area (Å²) in [5.41, 5.74) is 3.78. The van der Waals surface area contributed by atoms with Gasteiger partial charge in [-0.3, -0.25) is 4.79 Å². The molecule has 1 unspecified atom stereocenters. The van der Waals surface area contributed by atoms with Gasteiger partial charge in [-0.05, 0) is 37.1 Å². The summed E-state index contributed by atoms with van der Waals surface area (Å²) in [4.78, 5) is 12.1. The van der Waals surface area contributed by atoms with Gasteiger partial charge in [0.2, 0.25) is 5.88 Å². The molecule has 1 heterocycles. The van der Waals surface area contributed by atoms with Crippen molar-refractivity contribution < 1.29 is 9.53 Å². The van der Waals surface area contributed by atoms with Gasteiger partial charge in [0.15, 0.2) is 0 Å². The number of nitrogens with zero attached hydrogens (tertiary/aromatic N) is 2. The third-order valence-corrected chi connectivity index (χ3v) is 5.42. The highest BCUT2D eigenvalue weighted by Crippen LogP contribution is 2.33. The Morgan fingerprint density at radius 3 is 2.50 bits per heavy atom. The van der Waals surface area contributed by atoms with E-state index in [9.17, 15) is 4.79 Å². The third-order valence-electron chi connectivity index (χ3n) is 4.68. The number of aromatic nitrogens is 2. The number of esters is 1. The third kappa shape index (κ3) is 4.40. The molecule has 6 heteroatoms. The van der Waals surface area contributed by atoms with E-state index in [1.807, 2.05) is 56.3 Å². The normalized spacial score (nSPS) is 12.0. The summed E-state index contributed by atoms with van der Waals surface area (Å²) in [7, 11) is 0. The molecule has 0 aliphatic rings. The van der Waals surface area contributed by atoms with E-state index in [1.54, 1.807) is 17.7 Å². The second kappa shape index (κ2) is 8.80. The number of halogens is 2. The number of hydrogen-bond donors (Lipinski definition) is 0. The quantitative estimate of drug-likeness (QED) is 0.461. The van der Waals surface area contributed by atoms with Crippen molar-refractivity contribution in [2.45, 2.75) is 39.7 Å². The lowest BCUT2D eigenvalue weighted by molar-refractivity contribution is -0.134. The number of carbonyl (C=O) groups is 1. The van der Waals surface area contributed by atoms with E-state index >= 15 is 0 Å². The molecule has 0 saturated heterocycles. The second-order valence-electron chi connectivity index (χ2n) is 6.65. The van der Waals surface area contributed by atoms with Crippen LogP contribution in [0.1, 0.15) is 48.7 Å². The fraction of sp³-hybridized carbons (Fsp3) is 0.273. The van der Waals surface area contributed by atoms with Crippen LogP contribution in [0.25, 0.3) is 0 Å². The zero-order valence-corrected chi connectivity index (χ0v) is 17.6. The smallest absolute Gasteiger partial charge is 0.312 e. The largest absolute Gasteiger partial charge is 0.407 e. The van der Waals surface area contributed by atoms with Crippen LogP contribution < -0.4 is 4.74 Å². The van der Waals surface area contributed by atoms with Gasteiger partial charge in [-0.25, -0.2) is 4.68 Å². The zero-order valence-electron chi connectivity index (χ0n) is 16.1. The first-order chi connectivity index (χ1) is 13.4. The van der Waals surface area contributed by atoms with E-state index in [0.29, 0.717) is 22.3 Å². The molecule has 0 amide bonds. The van der Waals surface area contributed by atoms with Gasteiger partial charge in [-0.2, -0.15) is 5.10 Å². The van der Waals surface area contributed by atoms with Crippen molar-refractivity contribution in [3.05, 3.63) is 81.0 Å². The lowest BCUT2D eigenvalue weighted by Gasteiger charge is -2.17. The van der Waals surface area contributed by atoms with Crippen molar-refractivity contribution in [3.8, 4) is 5.88 Å². The summed E-state index contributed by atoms with van der Waals surface area (Å²) in [6.45, 7) is 5.69. The van der Waals surface area contributed by atoms with Crippen molar-refractivity contribution >= 4 is 29.2 Å². The van der Waals surface area contributed by atoms with Gasteiger partial charge in [0.25, 0.3) is 0 Å². The molecule has 0 saturated carbocycles. The van der Waals surface area contributed by atoms with Crippen molar-refractivity contribution in [1.29, 1.82) is 0 Å². The molecule has 0 spiro atoms. The van der Waals surface area contributed by atoms with E-state index in [4.69, 9.17) is 27.9 Å². The van der Waals surface area contributed by atoms with Crippen molar-refractivity contribution in [2.24, 2.45) is 0 Å². The summed E-state index contributed by atoms with van der Waals surface area (Å²) in [5.74, 6) is 0.184. The van der Waals surface area contributed by atoms with E-state index in [-0.39, 0.29) is 18.4 Å². The number of rotatable bonds is 6. The fourth-order valence-corrected chi connectivity index (χ4v) is 3.33. The molecule has 146 valence electrons. The predicted octanol–water partition coefficient (Wildman–Crippen LogP) is 6.01. The van der Waals surface area contributed by atoms with Gasteiger partial charge >= 0.3 is 5.97 Å². The molecule has 1 atom stereocenters. The van der Waals surface area contributed by atoms with Gasteiger partial charge in [-0.15, -0.1) is 0 Å². The average molecular weight is 417 g/mol. The second-order valence-corrected chi connectivity index (χ2v) is 7.47. The number of ether oxygens (including phenoxy) is 1. The van der Waals surface area contributed by atoms with Crippen LogP contribution in [0.5, 0.6) is 5.88 Å². The summed E-state index contributed by atoms with van der Waals surface area (Å²) >= 11 is 12.2. The minimum atomic E-state index is -0.295. The lowest BCUT2D eigenvalue weighted by Crippen LogP contribution is -2.15. The minimum Gasteiger partial charge on any atom is -0.407 e. The minimum absolute atomic E-state index is 0.183. The number of aryl methyl sites for hydroxylation is 1. The van der Waals surface area contributed by atoms with Crippen LogP contribution in [-0.2, 0) is 11.2 Å². The fourth-order valence-electron chi connectivity index (χ4n) is 3.03. The highest BCUT2D eigenvalue weighted by molar-refractivity contribution is 6.42. The molecule has 0 radical (unpaired) electrons. The molecule has 3 rings (SSSR count).